The van der Waals surface area contributed by atoms with Gasteiger partial charge in [0.05, 0.1) is 14.2 Å². The molecule has 0 fully saturated rings. The Hall–Kier alpha value is -2.49. The third-order valence-electron chi connectivity index (χ3n) is 3.24. The van der Waals surface area contributed by atoms with Crippen molar-refractivity contribution in [2.24, 2.45) is 0 Å². The van der Waals surface area contributed by atoms with Gasteiger partial charge in [0.25, 0.3) is 5.91 Å². The van der Waals surface area contributed by atoms with Crippen molar-refractivity contribution in [3.8, 4) is 17.6 Å². The van der Waals surface area contributed by atoms with Crippen molar-refractivity contribution in [3.05, 3.63) is 57.0 Å². The number of carbonyl (C=O) groups excluding carboxylic acids is 1. The Labute approximate surface area is 158 Å². The highest BCUT2D eigenvalue weighted by molar-refractivity contribution is 9.10. The van der Waals surface area contributed by atoms with Crippen LogP contribution in [0.15, 0.2) is 46.4 Å². The van der Waals surface area contributed by atoms with Crippen LogP contribution in [-0.4, -0.2) is 20.1 Å². The third-order valence-corrected chi connectivity index (χ3v) is 3.95. The normalized spacial score (nSPS) is 10.8. The van der Waals surface area contributed by atoms with Gasteiger partial charge in [0, 0.05) is 20.7 Å². The topological polar surface area (TPSA) is 71.3 Å². The lowest BCUT2D eigenvalue weighted by atomic mass is 10.1. The van der Waals surface area contributed by atoms with Gasteiger partial charge in [0.15, 0.2) is 11.5 Å². The van der Waals surface area contributed by atoms with Crippen molar-refractivity contribution >= 4 is 45.2 Å². The quantitative estimate of drug-likeness (QED) is 0.563. The van der Waals surface area contributed by atoms with E-state index in [0.717, 1.165) is 4.47 Å². The third kappa shape index (κ3) is 4.75. The maximum absolute atomic E-state index is 12.4. The molecule has 0 aliphatic rings. The van der Waals surface area contributed by atoms with Crippen LogP contribution in [0.25, 0.3) is 6.08 Å². The van der Waals surface area contributed by atoms with Crippen LogP contribution in [0.1, 0.15) is 5.56 Å². The smallest absolute Gasteiger partial charge is 0.266 e. The largest absolute Gasteiger partial charge is 0.493 e. The number of nitrogens with zero attached hydrogens (tertiary/aromatic N) is 1. The minimum atomic E-state index is -0.536. The first-order valence-corrected chi connectivity index (χ1v) is 8.25. The molecule has 2 aromatic carbocycles. The van der Waals surface area contributed by atoms with Gasteiger partial charge in [-0.2, -0.15) is 5.26 Å². The first-order chi connectivity index (χ1) is 12.0. The number of hydrogen-bond acceptors (Lipinski definition) is 4. The number of nitrogens with one attached hydrogen (secondary N) is 1. The van der Waals surface area contributed by atoms with Crippen LogP contribution in [0.2, 0.25) is 5.02 Å². The summed E-state index contributed by atoms with van der Waals surface area (Å²) in [6.45, 7) is 0. The molecule has 0 saturated carbocycles. The monoisotopic (exact) mass is 420 g/mol. The molecule has 0 unspecified atom stereocenters. The fourth-order valence-electron chi connectivity index (χ4n) is 2.10. The highest BCUT2D eigenvalue weighted by Crippen LogP contribution is 2.35. The number of ether oxygens (including phenoxy) is 2. The van der Waals surface area contributed by atoms with E-state index in [1.165, 1.54) is 20.3 Å². The van der Waals surface area contributed by atoms with Crippen molar-refractivity contribution in [1.82, 2.24) is 0 Å². The molecule has 5 nitrogen and oxygen atoms in total. The lowest BCUT2D eigenvalue weighted by Gasteiger charge is -2.12. The number of hydrogen-bond donors (Lipinski definition) is 1. The van der Waals surface area contributed by atoms with Gasteiger partial charge in [0.2, 0.25) is 0 Å². The molecule has 2 rings (SSSR count). The second-order valence-electron chi connectivity index (χ2n) is 4.86. The molecule has 0 aromatic heterocycles. The van der Waals surface area contributed by atoms with Crippen LogP contribution < -0.4 is 14.8 Å². The van der Waals surface area contributed by atoms with Gasteiger partial charge >= 0.3 is 0 Å². The fraction of sp³-hybridized carbons (Fsp3) is 0.111. The zero-order valence-electron chi connectivity index (χ0n) is 13.5. The Morgan fingerprint density at radius 1 is 1.24 bits per heavy atom. The molecule has 128 valence electrons. The predicted molar refractivity (Wildman–Crippen MR) is 101 cm³/mol. The summed E-state index contributed by atoms with van der Waals surface area (Å²) in [5.41, 5.74) is 0.999. The first-order valence-electron chi connectivity index (χ1n) is 7.08. The minimum Gasteiger partial charge on any atom is -0.493 e. The SMILES string of the molecule is COc1cc(Br)cc(/C=C(/C#N)C(=O)Nc2ccc(Cl)cc2)c1OC. The molecule has 0 atom stereocenters. The lowest BCUT2D eigenvalue weighted by molar-refractivity contribution is -0.112. The lowest BCUT2D eigenvalue weighted by Crippen LogP contribution is -2.13. The summed E-state index contributed by atoms with van der Waals surface area (Å²) in [6, 6.07) is 12.0. The Kier molecular flexibility index (Phi) is 6.45. The van der Waals surface area contributed by atoms with E-state index < -0.39 is 5.91 Å². The van der Waals surface area contributed by atoms with Crippen molar-refractivity contribution in [3.63, 3.8) is 0 Å². The van der Waals surface area contributed by atoms with E-state index in [2.05, 4.69) is 21.2 Å². The van der Waals surface area contributed by atoms with E-state index in [9.17, 15) is 10.1 Å². The molecule has 1 amide bonds. The van der Waals surface area contributed by atoms with E-state index in [-0.39, 0.29) is 5.57 Å². The van der Waals surface area contributed by atoms with E-state index in [4.69, 9.17) is 21.1 Å². The number of benzene rings is 2. The average Bonchev–Trinajstić information content (AvgIpc) is 2.60. The molecule has 0 aliphatic carbocycles. The molecule has 25 heavy (non-hydrogen) atoms. The highest BCUT2D eigenvalue weighted by atomic mass is 79.9. The molecule has 0 saturated heterocycles. The molecular formula is C18H14BrClN2O3. The van der Waals surface area contributed by atoms with Gasteiger partial charge in [-0.05, 0) is 42.5 Å². The van der Waals surface area contributed by atoms with Gasteiger partial charge in [-0.15, -0.1) is 0 Å². The zero-order valence-corrected chi connectivity index (χ0v) is 15.8. The van der Waals surface area contributed by atoms with Gasteiger partial charge < -0.3 is 14.8 Å². The Morgan fingerprint density at radius 3 is 2.48 bits per heavy atom. The number of halogens is 2. The Balaban J connectivity index is 2.37. The summed E-state index contributed by atoms with van der Waals surface area (Å²) in [5.74, 6) is 0.377. The molecule has 0 bridgehead atoms. The van der Waals surface area contributed by atoms with Gasteiger partial charge in [0.1, 0.15) is 11.6 Å². The summed E-state index contributed by atoms with van der Waals surface area (Å²) < 4.78 is 11.3. The van der Waals surface area contributed by atoms with Crippen LogP contribution in [0.3, 0.4) is 0 Å². The number of nitriles is 1. The number of amides is 1. The number of methoxy groups -OCH3 is 2. The summed E-state index contributed by atoms with van der Waals surface area (Å²) in [7, 11) is 3.00. The minimum absolute atomic E-state index is 0.0756. The van der Waals surface area contributed by atoms with Crippen LogP contribution >= 0.6 is 27.5 Å². The molecule has 0 heterocycles. The summed E-state index contributed by atoms with van der Waals surface area (Å²) in [6.07, 6.45) is 1.44. The summed E-state index contributed by atoms with van der Waals surface area (Å²) >= 11 is 9.18. The van der Waals surface area contributed by atoms with Crippen molar-refractivity contribution < 1.29 is 14.3 Å². The summed E-state index contributed by atoms with van der Waals surface area (Å²) in [4.78, 5) is 12.4. The number of carbonyl (C=O) groups is 1. The molecule has 0 spiro atoms. The number of rotatable bonds is 5. The van der Waals surface area contributed by atoms with E-state index in [1.54, 1.807) is 36.4 Å². The Morgan fingerprint density at radius 2 is 1.92 bits per heavy atom. The van der Waals surface area contributed by atoms with Crippen molar-refractivity contribution in [2.45, 2.75) is 0 Å². The second-order valence-corrected chi connectivity index (χ2v) is 6.21. The van der Waals surface area contributed by atoms with Gasteiger partial charge in [-0.25, -0.2) is 0 Å². The van der Waals surface area contributed by atoms with Crippen LogP contribution in [-0.2, 0) is 4.79 Å². The average molecular weight is 422 g/mol. The number of anilines is 1. The van der Waals surface area contributed by atoms with Crippen molar-refractivity contribution in [2.75, 3.05) is 19.5 Å². The van der Waals surface area contributed by atoms with E-state index >= 15 is 0 Å². The standard InChI is InChI=1S/C18H14BrClN2O3/c1-24-16-9-13(19)8-11(17(16)25-2)7-12(10-21)18(23)22-15-5-3-14(20)4-6-15/h3-9H,1-2H3,(H,22,23)/b12-7-. The maximum Gasteiger partial charge on any atom is 0.266 e. The van der Waals surface area contributed by atoms with Crippen molar-refractivity contribution in [1.29, 1.82) is 5.26 Å². The molecule has 7 heteroatoms. The Bertz CT molecular complexity index is 858. The maximum atomic E-state index is 12.4. The van der Waals surface area contributed by atoms with E-state index in [0.29, 0.717) is 27.8 Å². The zero-order chi connectivity index (χ0) is 18.4. The van der Waals surface area contributed by atoms with E-state index in [1.807, 2.05) is 6.07 Å². The van der Waals surface area contributed by atoms with Crippen LogP contribution in [0.4, 0.5) is 5.69 Å². The molecule has 1 N–H and O–H groups in total. The molecule has 2 aromatic rings. The fourth-order valence-corrected chi connectivity index (χ4v) is 2.68. The second kappa shape index (κ2) is 8.56. The molecule has 0 aliphatic heterocycles. The van der Waals surface area contributed by atoms with Crippen LogP contribution in [0, 0.1) is 11.3 Å². The highest BCUT2D eigenvalue weighted by Gasteiger charge is 2.14. The summed E-state index contributed by atoms with van der Waals surface area (Å²) in [5, 5.41) is 12.6. The first kappa shape index (κ1) is 18.8. The van der Waals surface area contributed by atoms with Gasteiger partial charge in [-0.1, -0.05) is 27.5 Å². The van der Waals surface area contributed by atoms with Crippen LogP contribution in [0.5, 0.6) is 11.5 Å². The predicted octanol–water partition coefficient (Wildman–Crippen LogP) is 4.67. The molecular weight excluding hydrogens is 408 g/mol. The van der Waals surface area contributed by atoms with Gasteiger partial charge in [-0.3, -0.25) is 4.79 Å². The molecule has 0 radical (unpaired) electrons.